The van der Waals surface area contributed by atoms with Crippen LogP contribution in [0.15, 0.2) is 0 Å². The van der Waals surface area contributed by atoms with Crippen molar-refractivity contribution in [2.24, 2.45) is 0 Å². The van der Waals surface area contributed by atoms with Gasteiger partial charge >= 0.3 is 5.97 Å². The van der Waals surface area contributed by atoms with Crippen molar-refractivity contribution in [3.63, 3.8) is 0 Å². The van der Waals surface area contributed by atoms with Gasteiger partial charge in [0.15, 0.2) is 0 Å². The van der Waals surface area contributed by atoms with Gasteiger partial charge in [-0.1, -0.05) is 27.2 Å². The minimum Gasteiger partial charge on any atom is -0.468 e. The van der Waals surface area contributed by atoms with Crippen LogP contribution in [0.2, 0.25) is 0 Å². The van der Waals surface area contributed by atoms with Crippen LogP contribution in [0.3, 0.4) is 0 Å². The van der Waals surface area contributed by atoms with Crippen LogP contribution in [0.25, 0.3) is 0 Å². The number of carbonyl (C=O) groups is 1. The van der Waals surface area contributed by atoms with Crippen molar-refractivity contribution >= 4 is 5.97 Å². The Bertz CT molecular complexity index is 269. The van der Waals surface area contributed by atoms with Crippen LogP contribution >= 0.6 is 0 Å². The average Bonchev–Trinajstić information content (AvgIpc) is 2.42. The molecule has 0 bridgehead atoms. The minimum atomic E-state index is -0.176. The number of nitrogens with one attached hydrogen (secondary N) is 1. The van der Waals surface area contributed by atoms with E-state index in [0.29, 0.717) is 12.1 Å². The second-order valence-electron chi connectivity index (χ2n) is 5.78. The van der Waals surface area contributed by atoms with Crippen molar-refractivity contribution in [1.29, 1.82) is 0 Å². The molecule has 1 fully saturated rings. The fourth-order valence-corrected chi connectivity index (χ4v) is 2.93. The zero-order valence-electron chi connectivity index (χ0n) is 12.9. The highest BCUT2D eigenvalue weighted by Gasteiger charge is 2.24. The lowest BCUT2D eigenvalue weighted by atomic mass is 9.99. The van der Waals surface area contributed by atoms with Crippen molar-refractivity contribution in [3.8, 4) is 0 Å². The molecule has 1 saturated heterocycles. The first-order valence-electron chi connectivity index (χ1n) is 7.66. The molecule has 1 aliphatic rings. The molecule has 1 heterocycles. The van der Waals surface area contributed by atoms with E-state index in [4.69, 9.17) is 4.74 Å². The number of likely N-dealkylation sites (tertiary alicyclic amines) is 1. The second-order valence-corrected chi connectivity index (χ2v) is 5.78. The Hall–Kier alpha value is -0.610. The van der Waals surface area contributed by atoms with E-state index in [-0.39, 0.29) is 12.0 Å². The second kappa shape index (κ2) is 8.54. The van der Waals surface area contributed by atoms with E-state index >= 15 is 0 Å². The molecule has 2 atom stereocenters. The Morgan fingerprint density at radius 1 is 1.42 bits per heavy atom. The van der Waals surface area contributed by atoms with E-state index in [9.17, 15) is 4.79 Å². The van der Waals surface area contributed by atoms with Gasteiger partial charge in [-0.2, -0.15) is 0 Å². The van der Waals surface area contributed by atoms with Gasteiger partial charge in [-0.25, -0.2) is 0 Å². The largest absolute Gasteiger partial charge is 0.468 e. The number of esters is 1. The van der Waals surface area contributed by atoms with E-state index in [1.54, 1.807) is 0 Å². The SMILES string of the molecule is CCC1CCCCN1CCC(NC(C)C)C(=O)OC. The molecule has 4 heteroatoms. The highest BCUT2D eigenvalue weighted by Crippen LogP contribution is 2.19. The molecule has 0 radical (unpaired) electrons. The zero-order chi connectivity index (χ0) is 14.3. The quantitative estimate of drug-likeness (QED) is 0.720. The van der Waals surface area contributed by atoms with Crippen molar-refractivity contribution in [1.82, 2.24) is 10.2 Å². The lowest BCUT2D eigenvalue weighted by Crippen LogP contribution is -2.46. The number of nitrogens with zero attached hydrogens (tertiary/aromatic N) is 1. The van der Waals surface area contributed by atoms with Crippen molar-refractivity contribution in [3.05, 3.63) is 0 Å². The summed E-state index contributed by atoms with van der Waals surface area (Å²) in [5, 5.41) is 3.30. The van der Waals surface area contributed by atoms with Crippen LogP contribution < -0.4 is 5.32 Å². The summed E-state index contributed by atoms with van der Waals surface area (Å²) in [5.41, 5.74) is 0. The number of piperidine rings is 1. The highest BCUT2D eigenvalue weighted by molar-refractivity contribution is 5.75. The summed E-state index contributed by atoms with van der Waals surface area (Å²) in [5.74, 6) is -0.140. The first kappa shape index (κ1) is 16.4. The average molecular weight is 270 g/mol. The summed E-state index contributed by atoms with van der Waals surface area (Å²) in [6.45, 7) is 8.54. The van der Waals surface area contributed by atoms with E-state index in [1.807, 2.05) is 0 Å². The molecule has 0 aromatic heterocycles. The number of carbonyl (C=O) groups excluding carboxylic acids is 1. The predicted molar refractivity (Wildman–Crippen MR) is 78.2 cm³/mol. The Labute approximate surface area is 117 Å². The smallest absolute Gasteiger partial charge is 0.322 e. The summed E-state index contributed by atoms with van der Waals surface area (Å²) >= 11 is 0. The van der Waals surface area contributed by atoms with Gasteiger partial charge in [0, 0.05) is 18.6 Å². The van der Waals surface area contributed by atoms with Crippen LogP contribution in [0, 0.1) is 0 Å². The van der Waals surface area contributed by atoms with E-state index in [2.05, 4.69) is 31.0 Å². The van der Waals surface area contributed by atoms with Crippen molar-refractivity contribution in [2.45, 2.75) is 71.0 Å². The molecule has 1 N–H and O–H groups in total. The summed E-state index contributed by atoms with van der Waals surface area (Å²) in [4.78, 5) is 14.3. The molecule has 112 valence electrons. The summed E-state index contributed by atoms with van der Waals surface area (Å²) < 4.78 is 4.89. The molecule has 0 saturated carbocycles. The number of rotatable bonds is 7. The number of hydrogen-bond acceptors (Lipinski definition) is 4. The van der Waals surface area contributed by atoms with Crippen LogP contribution in [-0.4, -0.2) is 49.2 Å². The molecule has 2 unspecified atom stereocenters. The van der Waals surface area contributed by atoms with Gasteiger partial charge in [-0.05, 0) is 32.2 Å². The van der Waals surface area contributed by atoms with Crippen LogP contribution in [0.4, 0.5) is 0 Å². The third kappa shape index (κ3) is 5.49. The molecule has 19 heavy (non-hydrogen) atoms. The van der Waals surface area contributed by atoms with Gasteiger partial charge in [0.25, 0.3) is 0 Å². The molecule has 0 aromatic rings. The highest BCUT2D eigenvalue weighted by atomic mass is 16.5. The van der Waals surface area contributed by atoms with Gasteiger partial charge in [-0.15, -0.1) is 0 Å². The molecule has 1 rings (SSSR count). The van der Waals surface area contributed by atoms with Gasteiger partial charge in [0.2, 0.25) is 0 Å². The number of hydrogen-bond donors (Lipinski definition) is 1. The van der Waals surface area contributed by atoms with Gasteiger partial charge in [0.1, 0.15) is 6.04 Å². The lowest BCUT2D eigenvalue weighted by molar-refractivity contribution is -0.143. The molecular weight excluding hydrogens is 240 g/mol. The third-order valence-corrected chi connectivity index (χ3v) is 3.95. The normalized spacial score (nSPS) is 22.5. The number of methoxy groups -OCH3 is 1. The molecule has 0 amide bonds. The third-order valence-electron chi connectivity index (χ3n) is 3.95. The maximum Gasteiger partial charge on any atom is 0.322 e. The van der Waals surface area contributed by atoms with Crippen LogP contribution in [-0.2, 0) is 9.53 Å². The minimum absolute atomic E-state index is 0.140. The standard InChI is InChI=1S/C15H30N2O2/c1-5-13-8-6-7-10-17(13)11-9-14(15(18)19-4)16-12(2)3/h12-14,16H,5-11H2,1-4H3. The fourth-order valence-electron chi connectivity index (χ4n) is 2.93. The topological polar surface area (TPSA) is 41.6 Å². The van der Waals surface area contributed by atoms with Gasteiger partial charge < -0.3 is 15.0 Å². The first-order chi connectivity index (χ1) is 9.08. The Morgan fingerprint density at radius 2 is 2.16 bits per heavy atom. The maximum absolute atomic E-state index is 11.8. The Kier molecular flexibility index (Phi) is 7.39. The van der Waals surface area contributed by atoms with E-state index in [0.717, 1.165) is 13.0 Å². The molecule has 0 aromatic carbocycles. The summed E-state index contributed by atoms with van der Waals surface area (Å²) in [6.07, 6.45) is 5.98. The Balaban J connectivity index is 2.47. The number of ether oxygens (including phenoxy) is 1. The maximum atomic E-state index is 11.8. The van der Waals surface area contributed by atoms with Gasteiger partial charge in [0.05, 0.1) is 7.11 Å². The zero-order valence-corrected chi connectivity index (χ0v) is 12.9. The summed E-state index contributed by atoms with van der Waals surface area (Å²) in [6, 6.07) is 0.822. The van der Waals surface area contributed by atoms with Crippen LogP contribution in [0.1, 0.15) is 52.9 Å². The predicted octanol–water partition coefficient (Wildman–Crippen LogP) is 2.18. The Morgan fingerprint density at radius 3 is 2.74 bits per heavy atom. The van der Waals surface area contributed by atoms with Crippen LogP contribution in [0.5, 0.6) is 0 Å². The van der Waals surface area contributed by atoms with E-state index < -0.39 is 0 Å². The summed E-state index contributed by atoms with van der Waals surface area (Å²) in [7, 11) is 1.47. The van der Waals surface area contributed by atoms with Crippen molar-refractivity contribution < 1.29 is 9.53 Å². The molecule has 0 spiro atoms. The lowest BCUT2D eigenvalue weighted by Gasteiger charge is -2.36. The molecular formula is C15H30N2O2. The molecule has 4 nitrogen and oxygen atoms in total. The van der Waals surface area contributed by atoms with Crippen molar-refractivity contribution in [2.75, 3.05) is 20.2 Å². The molecule has 1 aliphatic heterocycles. The van der Waals surface area contributed by atoms with Gasteiger partial charge in [-0.3, -0.25) is 4.79 Å². The first-order valence-corrected chi connectivity index (χ1v) is 7.66. The monoisotopic (exact) mass is 270 g/mol. The molecule has 0 aliphatic carbocycles. The fraction of sp³-hybridized carbons (Fsp3) is 0.933. The van der Waals surface area contributed by atoms with E-state index in [1.165, 1.54) is 39.3 Å².